The summed E-state index contributed by atoms with van der Waals surface area (Å²) < 4.78 is 29.3. The van der Waals surface area contributed by atoms with Gasteiger partial charge in [-0.25, -0.2) is 4.57 Å². The zero-order chi connectivity index (χ0) is 16.2. The Hall–Kier alpha value is 0.540. The van der Waals surface area contributed by atoms with E-state index in [0.717, 1.165) is 57.5 Å². The normalized spacial score (nSPS) is 15.7. The quantitative estimate of drug-likeness (QED) is 0.275. The summed E-state index contributed by atoms with van der Waals surface area (Å²) in [6, 6.07) is 0. The SMILES string of the molecule is CCCCC(CC)(CCCC)OP(=O)(OC)OPCCC. The second-order valence-electron chi connectivity index (χ2n) is 5.45. The Labute approximate surface area is 133 Å². The van der Waals surface area contributed by atoms with E-state index in [9.17, 15) is 4.57 Å². The van der Waals surface area contributed by atoms with Crippen LogP contribution in [0.3, 0.4) is 0 Å². The summed E-state index contributed by atoms with van der Waals surface area (Å²) in [5.74, 6) is 0. The maximum Gasteiger partial charge on any atom is 0.477 e. The Morgan fingerprint density at radius 2 is 1.57 bits per heavy atom. The van der Waals surface area contributed by atoms with Crippen LogP contribution in [-0.4, -0.2) is 18.9 Å². The van der Waals surface area contributed by atoms with Crippen molar-refractivity contribution in [1.29, 1.82) is 0 Å². The summed E-state index contributed by atoms with van der Waals surface area (Å²) >= 11 is 0. The van der Waals surface area contributed by atoms with Gasteiger partial charge in [-0.15, -0.1) is 0 Å². The average Bonchev–Trinajstić information content (AvgIpc) is 2.50. The van der Waals surface area contributed by atoms with Crippen LogP contribution in [0.5, 0.6) is 0 Å². The molecule has 0 radical (unpaired) electrons. The molecule has 2 unspecified atom stereocenters. The number of hydrogen-bond acceptors (Lipinski definition) is 4. The molecular weight excluding hydrogens is 306 g/mol. The predicted octanol–water partition coefficient (Wildman–Crippen LogP) is 6.31. The van der Waals surface area contributed by atoms with Gasteiger partial charge in [0.1, 0.15) is 0 Å². The van der Waals surface area contributed by atoms with Crippen LogP contribution >= 0.6 is 16.6 Å². The summed E-state index contributed by atoms with van der Waals surface area (Å²) in [7, 11) is -1.85. The molecule has 21 heavy (non-hydrogen) atoms. The maximum absolute atomic E-state index is 12.7. The lowest BCUT2D eigenvalue weighted by Gasteiger charge is -2.35. The number of phosphoric ester groups is 1. The van der Waals surface area contributed by atoms with Crippen molar-refractivity contribution in [2.45, 2.75) is 84.7 Å². The third-order valence-corrected chi connectivity index (χ3v) is 6.85. The summed E-state index contributed by atoms with van der Waals surface area (Å²) in [5.41, 5.74) is -0.381. The fourth-order valence-corrected chi connectivity index (χ4v) is 4.70. The molecule has 2 atom stereocenters. The van der Waals surface area contributed by atoms with Crippen LogP contribution in [0.25, 0.3) is 0 Å². The second kappa shape index (κ2) is 12.0. The number of hydrogen-bond donors (Lipinski definition) is 0. The monoisotopic (exact) mass is 340 g/mol. The third kappa shape index (κ3) is 8.67. The molecule has 4 nitrogen and oxygen atoms in total. The Morgan fingerprint density at radius 3 is 1.95 bits per heavy atom. The minimum absolute atomic E-state index is 0.169. The fraction of sp³-hybridized carbons (Fsp3) is 1.00. The molecule has 0 spiro atoms. The van der Waals surface area contributed by atoms with Crippen LogP contribution in [0, 0.1) is 0 Å². The van der Waals surface area contributed by atoms with Crippen molar-refractivity contribution in [2.75, 3.05) is 13.3 Å². The van der Waals surface area contributed by atoms with Crippen LogP contribution in [0.15, 0.2) is 0 Å². The van der Waals surface area contributed by atoms with Gasteiger partial charge in [0.2, 0.25) is 0 Å². The lowest BCUT2D eigenvalue weighted by molar-refractivity contribution is 0.0108. The van der Waals surface area contributed by atoms with Crippen LogP contribution in [0.2, 0.25) is 0 Å². The summed E-state index contributed by atoms with van der Waals surface area (Å²) in [6.07, 6.45) is 8.89. The largest absolute Gasteiger partial charge is 0.477 e. The lowest BCUT2D eigenvalue weighted by Crippen LogP contribution is -2.31. The van der Waals surface area contributed by atoms with Gasteiger partial charge in [-0.1, -0.05) is 59.8 Å². The highest BCUT2D eigenvalue weighted by Gasteiger charge is 2.38. The standard InChI is InChI=1S/C15H34O4P2/c1-6-10-12-15(9-4,13-11-7-2)18-21(16,17-5)19-20-14-8-3/h20H,6-14H2,1-5H3. The molecule has 0 N–H and O–H groups in total. The van der Waals surface area contributed by atoms with Gasteiger partial charge < -0.3 is 0 Å². The Bertz CT molecular complexity index is 289. The molecule has 0 aromatic rings. The first-order chi connectivity index (χ1) is 10.0. The molecule has 0 bridgehead atoms. The van der Waals surface area contributed by atoms with E-state index >= 15 is 0 Å². The zero-order valence-electron chi connectivity index (χ0n) is 14.4. The van der Waals surface area contributed by atoms with E-state index in [4.69, 9.17) is 13.4 Å². The van der Waals surface area contributed by atoms with Crippen molar-refractivity contribution < 1.29 is 17.9 Å². The molecule has 6 heteroatoms. The van der Waals surface area contributed by atoms with E-state index in [1.165, 1.54) is 7.11 Å². The van der Waals surface area contributed by atoms with Gasteiger partial charge in [0.05, 0.1) is 5.60 Å². The van der Waals surface area contributed by atoms with Gasteiger partial charge in [0.25, 0.3) is 0 Å². The molecule has 0 aromatic carbocycles. The van der Waals surface area contributed by atoms with Gasteiger partial charge in [-0.2, -0.15) is 0 Å². The first kappa shape index (κ1) is 21.5. The molecule has 0 saturated heterocycles. The Morgan fingerprint density at radius 1 is 1.00 bits per heavy atom. The minimum Gasteiger partial charge on any atom is -0.290 e. The molecule has 0 aromatic heterocycles. The smallest absolute Gasteiger partial charge is 0.290 e. The van der Waals surface area contributed by atoms with E-state index in [-0.39, 0.29) is 14.4 Å². The van der Waals surface area contributed by atoms with Crippen molar-refractivity contribution in [2.24, 2.45) is 0 Å². The highest BCUT2D eigenvalue weighted by atomic mass is 31.2. The van der Waals surface area contributed by atoms with Gasteiger partial charge in [-0.3, -0.25) is 13.4 Å². The van der Waals surface area contributed by atoms with Gasteiger partial charge in [0.15, 0.2) is 0 Å². The Kier molecular flexibility index (Phi) is 12.3. The molecule has 0 heterocycles. The highest BCUT2D eigenvalue weighted by Crippen LogP contribution is 2.58. The summed E-state index contributed by atoms with van der Waals surface area (Å²) in [4.78, 5) is 0. The Balaban J connectivity index is 4.89. The molecule has 0 rings (SSSR count). The van der Waals surface area contributed by atoms with Gasteiger partial charge in [-0.05, 0) is 25.4 Å². The van der Waals surface area contributed by atoms with E-state index in [2.05, 4.69) is 27.7 Å². The van der Waals surface area contributed by atoms with Crippen molar-refractivity contribution in [3.05, 3.63) is 0 Å². The van der Waals surface area contributed by atoms with E-state index in [1.54, 1.807) is 0 Å². The molecule has 0 aliphatic rings. The molecule has 0 fully saturated rings. The van der Waals surface area contributed by atoms with Crippen molar-refractivity contribution in [1.82, 2.24) is 0 Å². The molecular formula is C15H34O4P2. The fourth-order valence-electron chi connectivity index (χ4n) is 2.19. The zero-order valence-corrected chi connectivity index (χ0v) is 16.3. The van der Waals surface area contributed by atoms with E-state index in [1.807, 2.05) is 0 Å². The van der Waals surface area contributed by atoms with Crippen LogP contribution in [-0.2, 0) is 17.9 Å². The van der Waals surface area contributed by atoms with Crippen LogP contribution < -0.4 is 0 Å². The molecule has 128 valence electrons. The van der Waals surface area contributed by atoms with Crippen molar-refractivity contribution in [3.63, 3.8) is 0 Å². The average molecular weight is 340 g/mol. The van der Waals surface area contributed by atoms with Crippen LogP contribution in [0.4, 0.5) is 0 Å². The summed E-state index contributed by atoms with van der Waals surface area (Å²) in [6.45, 7) is 8.50. The third-order valence-electron chi connectivity index (χ3n) is 3.67. The highest BCUT2D eigenvalue weighted by molar-refractivity contribution is 7.56. The van der Waals surface area contributed by atoms with Crippen molar-refractivity contribution >= 4 is 16.6 Å². The molecule has 0 aliphatic heterocycles. The van der Waals surface area contributed by atoms with Crippen molar-refractivity contribution in [3.8, 4) is 0 Å². The number of phosphoric acid groups is 1. The first-order valence-corrected chi connectivity index (χ1v) is 10.9. The minimum atomic E-state index is -3.44. The maximum atomic E-state index is 12.7. The van der Waals surface area contributed by atoms with E-state index < -0.39 is 7.82 Å². The summed E-state index contributed by atoms with van der Waals surface area (Å²) in [5, 5.41) is 0. The predicted molar refractivity (Wildman–Crippen MR) is 92.3 cm³/mol. The molecule has 0 amide bonds. The first-order valence-electron chi connectivity index (χ1n) is 8.29. The lowest BCUT2D eigenvalue weighted by atomic mass is 9.88. The van der Waals surface area contributed by atoms with Crippen LogP contribution in [0.1, 0.15) is 79.1 Å². The topological polar surface area (TPSA) is 44.8 Å². The second-order valence-corrected chi connectivity index (χ2v) is 8.41. The molecule has 0 saturated carbocycles. The van der Waals surface area contributed by atoms with E-state index in [0.29, 0.717) is 0 Å². The van der Waals surface area contributed by atoms with Gasteiger partial charge in [0, 0.05) is 15.9 Å². The number of unbranched alkanes of at least 4 members (excludes halogenated alkanes) is 2. The van der Waals surface area contributed by atoms with Gasteiger partial charge >= 0.3 is 7.82 Å². The molecule has 0 aliphatic carbocycles. The number of rotatable bonds is 14.